The Balaban J connectivity index is 2.38. The van der Waals surface area contributed by atoms with Crippen molar-refractivity contribution < 1.29 is 22.0 Å². The van der Waals surface area contributed by atoms with Crippen LogP contribution in [0.4, 0.5) is 8.78 Å². The second-order valence-electron chi connectivity index (χ2n) is 5.76. The molecule has 0 aromatic heterocycles. The van der Waals surface area contributed by atoms with Gasteiger partial charge < -0.3 is 5.32 Å². The van der Waals surface area contributed by atoms with Gasteiger partial charge in [0.1, 0.15) is 0 Å². The fraction of sp³-hybridized carbons (Fsp3) is 0.462. The Kier molecular flexibility index (Phi) is 3.79. The molecule has 0 unspecified atom stereocenters. The average molecular weight is 318 g/mol. The van der Waals surface area contributed by atoms with E-state index in [0.29, 0.717) is 6.07 Å². The molecule has 1 amide bonds. The second-order valence-corrected chi connectivity index (χ2v) is 7.32. The number of hydrogen-bond acceptors (Lipinski definition) is 3. The smallest absolute Gasteiger partial charge is 0.254 e. The highest BCUT2D eigenvalue weighted by Crippen LogP contribution is 2.39. The number of primary sulfonamides is 1. The molecule has 1 aliphatic rings. The molecule has 0 aliphatic heterocycles. The van der Waals surface area contributed by atoms with Crippen molar-refractivity contribution in [2.75, 3.05) is 0 Å². The summed E-state index contributed by atoms with van der Waals surface area (Å²) >= 11 is 0. The number of carbonyl (C=O) groups is 1. The van der Waals surface area contributed by atoms with Gasteiger partial charge in [0, 0.05) is 5.54 Å². The first-order valence-corrected chi connectivity index (χ1v) is 7.91. The highest BCUT2D eigenvalue weighted by molar-refractivity contribution is 7.89. The molecule has 5 nitrogen and oxygen atoms in total. The standard InChI is InChI=1S/C13H16F2N2O3S/c1-13(2,7-3-4-7)17-12(18)9-5-8(21(16,19)20)6-10(14)11(9)15/h5-7H,3-4H2,1-2H3,(H,17,18)(H2,16,19,20). The summed E-state index contributed by atoms with van der Waals surface area (Å²) in [5.74, 6) is -3.42. The SMILES string of the molecule is CC(C)(NC(=O)c1cc(S(N)(=O)=O)cc(F)c1F)C1CC1. The van der Waals surface area contributed by atoms with Crippen molar-refractivity contribution in [2.45, 2.75) is 37.1 Å². The molecule has 1 aliphatic carbocycles. The maximum absolute atomic E-state index is 13.7. The van der Waals surface area contributed by atoms with E-state index in [2.05, 4.69) is 5.32 Å². The predicted octanol–water partition coefficient (Wildman–Crippen LogP) is 1.53. The lowest BCUT2D eigenvalue weighted by molar-refractivity contribution is 0.0898. The van der Waals surface area contributed by atoms with Crippen LogP contribution in [0.5, 0.6) is 0 Å². The first-order chi connectivity index (χ1) is 9.52. The molecule has 1 aromatic carbocycles. The molecule has 3 N–H and O–H groups in total. The lowest BCUT2D eigenvalue weighted by atomic mass is 9.98. The maximum Gasteiger partial charge on any atom is 0.254 e. The Morgan fingerprint density at radius 1 is 1.33 bits per heavy atom. The molecule has 0 bridgehead atoms. The number of rotatable bonds is 4. The summed E-state index contributed by atoms with van der Waals surface area (Å²) in [4.78, 5) is 11.4. The van der Waals surface area contributed by atoms with Crippen LogP contribution in [-0.4, -0.2) is 19.9 Å². The van der Waals surface area contributed by atoms with Gasteiger partial charge in [0.05, 0.1) is 10.5 Å². The minimum absolute atomic E-state index is 0.274. The number of carbonyl (C=O) groups excluding carboxylic acids is 1. The summed E-state index contributed by atoms with van der Waals surface area (Å²) in [7, 11) is -4.23. The van der Waals surface area contributed by atoms with Crippen molar-refractivity contribution in [3.63, 3.8) is 0 Å². The van der Waals surface area contributed by atoms with Gasteiger partial charge in [-0.05, 0) is 44.7 Å². The molecule has 1 aromatic rings. The first-order valence-electron chi connectivity index (χ1n) is 6.37. The van der Waals surface area contributed by atoms with Crippen LogP contribution in [0.15, 0.2) is 17.0 Å². The molecule has 0 saturated heterocycles. The van der Waals surface area contributed by atoms with E-state index in [9.17, 15) is 22.0 Å². The van der Waals surface area contributed by atoms with Gasteiger partial charge in [0.25, 0.3) is 5.91 Å². The van der Waals surface area contributed by atoms with Gasteiger partial charge in [-0.3, -0.25) is 4.79 Å². The Bertz CT molecular complexity index is 698. The average Bonchev–Trinajstić information content (AvgIpc) is 3.14. The van der Waals surface area contributed by atoms with E-state index >= 15 is 0 Å². The normalized spacial score (nSPS) is 15.9. The number of nitrogens with one attached hydrogen (secondary N) is 1. The largest absolute Gasteiger partial charge is 0.347 e. The molecule has 0 atom stereocenters. The highest BCUT2D eigenvalue weighted by atomic mass is 32.2. The van der Waals surface area contributed by atoms with E-state index in [-0.39, 0.29) is 5.92 Å². The number of sulfonamides is 1. The van der Waals surface area contributed by atoms with Crippen LogP contribution in [0.1, 0.15) is 37.0 Å². The molecule has 0 spiro atoms. The third-order valence-corrected chi connectivity index (χ3v) is 4.50. The predicted molar refractivity (Wildman–Crippen MR) is 72.0 cm³/mol. The van der Waals surface area contributed by atoms with Crippen LogP contribution in [0.2, 0.25) is 0 Å². The Labute approximate surface area is 121 Å². The Morgan fingerprint density at radius 3 is 2.38 bits per heavy atom. The first kappa shape index (κ1) is 15.8. The Morgan fingerprint density at radius 2 is 1.90 bits per heavy atom. The second kappa shape index (κ2) is 5.03. The van der Waals surface area contributed by atoms with Crippen LogP contribution in [-0.2, 0) is 10.0 Å². The van der Waals surface area contributed by atoms with Crippen molar-refractivity contribution in [1.82, 2.24) is 5.32 Å². The van der Waals surface area contributed by atoms with E-state index in [0.717, 1.165) is 18.9 Å². The van der Waals surface area contributed by atoms with Gasteiger partial charge >= 0.3 is 0 Å². The van der Waals surface area contributed by atoms with Gasteiger partial charge in [0.2, 0.25) is 10.0 Å². The van der Waals surface area contributed by atoms with Crippen LogP contribution < -0.4 is 10.5 Å². The topological polar surface area (TPSA) is 89.3 Å². The summed E-state index contributed by atoms with van der Waals surface area (Å²) in [5.41, 5.74) is -1.25. The van der Waals surface area contributed by atoms with Crippen LogP contribution >= 0.6 is 0 Å². The molecule has 1 fully saturated rings. The van der Waals surface area contributed by atoms with Crippen LogP contribution in [0.25, 0.3) is 0 Å². The van der Waals surface area contributed by atoms with E-state index < -0.39 is 43.6 Å². The van der Waals surface area contributed by atoms with E-state index in [1.165, 1.54) is 0 Å². The number of benzene rings is 1. The number of nitrogens with two attached hydrogens (primary N) is 1. The van der Waals surface area contributed by atoms with Crippen molar-refractivity contribution >= 4 is 15.9 Å². The van der Waals surface area contributed by atoms with Gasteiger partial charge in [-0.15, -0.1) is 0 Å². The third kappa shape index (κ3) is 3.38. The van der Waals surface area contributed by atoms with E-state index in [1.54, 1.807) is 13.8 Å². The van der Waals surface area contributed by atoms with E-state index in [4.69, 9.17) is 5.14 Å². The summed E-state index contributed by atoms with van der Waals surface area (Å²) in [5, 5.41) is 7.48. The monoisotopic (exact) mass is 318 g/mol. The van der Waals surface area contributed by atoms with Gasteiger partial charge in [-0.2, -0.15) is 0 Å². The summed E-state index contributed by atoms with van der Waals surface area (Å²) in [6, 6.07) is 1.19. The lowest BCUT2D eigenvalue weighted by Gasteiger charge is -2.26. The molecule has 21 heavy (non-hydrogen) atoms. The minimum Gasteiger partial charge on any atom is -0.347 e. The number of hydrogen-bond donors (Lipinski definition) is 2. The Hall–Kier alpha value is -1.54. The molecule has 116 valence electrons. The van der Waals surface area contributed by atoms with Crippen molar-refractivity contribution in [1.29, 1.82) is 0 Å². The fourth-order valence-corrected chi connectivity index (χ4v) is 2.71. The third-order valence-electron chi connectivity index (χ3n) is 3.61. The molecule has 1 saturated carbocycles. The molecule has 2 rings (SSSR count). The zero-order valence-electron chi connectivity index (χ0n) is 11.6. The zero-order valence-corrected chi connectivity index (χ0v) is 12.4. The molecule has 0 heterocycles. The molecule has 0 radical (unpaired) electrons. The molecular formula is C13H16F2N2O3S. The van der Waals surface area contributed by atoms with Gasteiger partial charge in [0.15, 0.2) is 11.6 Å². The van der Waals surface area contributed by atoms with Gasteiger partial charge in [-0.25, -0.2) is 22.3 Å². The minimum atomic E-state index is -4.23. The maximum atomic E-state index is 13.7. The molecular weight excluding hydrogens is 302 g/mol. The highest BCUT2D eigenvalue weighted by Gasteiger charge is 2.39. The number of amides is 1. The van der Waals surface area contributed by atoms with Crippen molar-refractivity contribution in [2.24, 2.45) is 11.1 Å². The molecule has 8 heteroatoms. The van der Waals surface area contributed by atoms with E-state index in [1.807, 2.05) is 0 Å². The quantitative estimate of drug-likeness (QED) is 0.882. The van der Waals surface area contributed by atoms with Crippen LogP contribution in [0.3, 0.4) is 0 Å². The van der Waals surface area contributed by atoms with Gasteiger partial charge in [-0.1, -0.05) is 0 Å². The van der Waals surface area contributed by atoms with Crippen molar-refractivity contribution in [3.05, 3.63) is 29.3 Å². The summed E-state index contributed by atoms with van der Waals surface area (Å²) < 4.78 is 49.7. The summed E-state index contributed by atoms with van der Waals surface area (Å²) in [6.07, 6.45) is 1.89. The lowest BCUT2D eigenvalue weighted by Crippen LogP contribution is -2.45. The number of halogens is 2. The fourth-order valence-electron chi connectivity index (χ4n) is 2.16. The zero-order chi connectivity index (χ0) is 16.0. The van der Waals surface area contributed by atoms with Crippen molar-refractivity contribution in [3.8, 4) is 0 Å². The summed E-state index contributed by atoms with van der Waals surface area (Å²) in [6.45, 7) is 3.56. The van der Waals surface area contributed by atoms with Crippen LogP contribution in [0, 0.1) is 17.6 Å².